The number of rotatable bonds is 3. The predicted molar refractivity (Wildman–Crippen MR) is 75.9 cm³/mol. The Morgan fingerprint density at radius 1 is 1.26 bits per heavy atom. The Bertz CT molecular complexity index is 583. The van der Waals surface area contributed by atoms with Crippen LogP contribution < -0.4 is 16.0 Å². The van der Waals surface area contributed by atoms with E-state index in [9.17, 15) is 4.39 Å². The average Bonchev–Trinajstić information content (AvgIpc) is 2.33. The van der Waals surface area contributed by atoms with Crippen LogP contribution >= 0.6 is 15.9 Å². The number of hydrogen-bond acceptors (Lipinski definition) is 6. The quantitative estimate of drug-likeness (QED) is 0.899. The van der Waals surface area contributed by atoms with Gasteiger partial charge in [-0.25, -0.2) is 4.39 Å². The summed E-state index contributed by atoms with van der Waals surface area (Å²) in [5.74, 6) is 0.220. The zero-order valence-electron chi connectivity index (χ0n) is 10.4. The first-order valence-electron chi connectivity index (χ1n) is 5.37. The number of aromatic nitrogens is 3. The summed E-state index contributed by atoms with van der Waals surface area (Å²) in [6.07, 6.45) is 0. The molecule has 3 N–H and O–H groups in total. The second-order valence-corrected chi connectivity index (χ2v) is 4.79. The van der Waals surface area contributed by atoms with Crippen molar-refractivity contribution in [1.82, 2.24) is 15.0 Å². The molecule has 1 heterocycles. The molecule has 1 aromatic carbocycles. The lowest BCUT2D eigenvalue weighted by molar-refractivity contribution is 0.631. The lowest BCUT2D eigenvalue weighted by Gasteiger charge is -2.13. The number of nitrogen functional groups attached to an aromatic ring is 1. The third-order valence-corrected chi connectivity index (χ3v) is 2.90. The molecule has 0 atom stereocenters. The Kier molecular flexibility index (Phi) is 3.79. The number of para-hydroxylation sites is 1. The van der Waals surface area contributed by atoms with Gasteiger partial charge in [0.25, 0.3) is 0 Å². The van der Waals surface area contributed by atoms with Gasteiger partial charge in [-0.2, -0.15) is 15.0 Å². The topological polar surface area (TPSA) is 80.0 Å². The smallest absolute Gasteiger partial charge is 0.233 e. The molecule has 0 unspecified atom stereocenters. The lowest BCUT2D eigenvalue weighted by Crippen LogP contribution is -2.16. The number of nitrogens with two attached hydrogens (primary N) is 1. The van der Waals surface area contributed by atoms with Gasteiger partial charge in [0.1, 0.15) is 5.82 Å². The summed E-state index contributed by atoms with van der Waals surface area (Å²) in [6.45, 7) is 0. The molecule has 0 bridgehead atoms. The van der Waals surface area contributed by atoms with Crippen LogP contribution in [0.2, 0.25) is 0 Å². The largest absolute Gasteiger partial charge is 0.368 e. The summed E-state index contributed by atoms with van der Waals surface area (Å²) in [4.78, 5) is 13.7. The summed E-state index contributed by atoms with van der Waals surface area (Å²) >= 11 is 3.26. The Balaban J connectivity index is 2.38. The highest BCUT2D eigenvalue weighted by molar-refractivity contribution is 9.10. The van der Waals surface area contributed by atoms with E-state index >= 15 is 0 Å². The van der Waals surface area contributed by atoms with Gasteiger partial charge < -0.3 is 16.0 Å². The minimum absolute atomic E-state index is 0.0636. The number of benzene rings is 1. The second-order valence-electron chi connectivity index (χ2n) is 3.93. The Labute approximate surface area is 118 Å². The molecular weight excluding hydrogens is 315 g/mol. The Morgan fingerprint density at radius 3 is 2.63 bits per heavy atom. The third kappa shape index (κ3) is 3.08. The van der Waals surface area contributed by atoms with Crippen LogP contribution in [0.15, 0.2) is 22.7 Å². The van der Waals surface area contributed by atoms with Crippen LogP contribution in [-0.2, 0) is 0 Å². The summed E-state index contributed by atoms with van der Waals surface area (Å²) < 4.78 is 14.3. The lowest BCUT2D eigenvalue weighted by atomic mass is 10.3. The van der Waals surface area contributed by atoms with Crippen LogP contribution in [0.1, 0.15) is 0 Å². The highest BCUT2D eigenvalue weighted by Gasteiger charge is 2.11. The van der Waals surface area contributed by atoms with Crippen LogP contribution in [0.4, 0.5) is 27.9 Å². The molecule has 6 nitrogen and oxygen atoms in total. The van der Waals surface area contributed by atoms with E-state index < -0.39 is 5.82 Å². The van der Waals surface area contributed by atoms with Crippen LogP contribution in [0.25, 0.3) is 0 Å². The normalized spacial score (nSPS) is 10.3. The van der Waals surface area contributed by atoms with Gasteiger partial charge in [0, 0.05) is 18.6 Å². The Morgan fingerprint density at radius 2 is 2.00 bits per heavy atom. The first-order chi connectivity index (χ1) is 8.97. The maximum atomic E-state index is 13.7. The molecule has 0 fully saturated rings. The van der Waals surface area contributed by atoms with E-state index in [4.69, 9.17) is 5.73 Å². The SMILES string of the molecule is CN(C)c1nc(N)nc(Nc2c(F)cccc2Br)n1. The zero-order chi connectivity index (χ0) is 14.0. The molecule has 2 aromatic rings. The molecule has 0 amide bonds. The van der Waals surface area contributed by atoms with Gasteiger partial charge in [-0.1, -0.05) is 6.07 Å². The van der Waals surface area contributed by atoms with Crippen molar-refractivity contribution in [2.75, 3.05) is 30.0 Å². The molecule has 0 aliphatic rings. The summed E-state index contributed by atoms with van der Waals surface area (Å²) in [7, 11) is 3.55. The van der Waals surface area contributed by atoms with Gasteiger partial charge in [-0.05, 0) is 28.1 Å². The standard InChI is InChI=1S/C11H12BrFN6/c1-19(2)11-17-9(14)16-10(18-11)15-8-6(12)4-3-5-7(8)13/h3-5H,1-2H3,(H3,14,15,16,17,18). The third-order valence-electron chi connectivity index (χ3n) is 2.24. The first-order valence-corrected chi connectivity index (χ1v) is 6.16. The average molecular weight is 327 g/mol. The highest BCUT2D eigenvalue weighted by atomic mass is 79.9. The van der Waals surface area contributed by atoms with Crippen LogP contribution in [0, 0.1) is 5.82 Å². The number of anilines is 4. The van der Waals surface area contributed by atoms with Gasteiger partial charge in [0.15, 0.2) is 0 Å². The monoisotopic (exact) mass is 326 g/mol. The van der Waals surface area contributed by atoms with E-state index in [-0.39, 0.29) is 17.6 Å². The van der Waals surface area contributed by atoms with Gasteiger partial charge in [0.05, 0.1) is 5.69 Å². The molecule has 8 heteroatoms. The molecule has 0 radical (unpaired) electrons. The van der Waals surface area contributed by atoms with E-state index in [0.717, 1.165) is 0 Å². The predicted octanol–water partition coefficient (Wildman–Crippen LogP) is 2.17. The van der Waals surface area contributed by atoms with E-state index in [0.29, 0.717) is 10.4 Å². The van der Waals surface area contributed by atoms with Crippen LogP contribution in [0.3, 0.4) is 0 Å². The second kappa shape index (κ2) is 5.35. The highest BCUT2D eigenvalue weighted by Crippen LogP contribution is 2.27. The summed E-state index contributed by atoms with van der Waals surface area (Å²) in [5.41, 5.74) is 5.84. The molecule has 0 aliphatic carbocycles. The summed E-state index contributed by atoms with van der Waals surface area (Å²) in [5, 5.41) is 2.79. The van der Waals surface area contributed by atoms with Crippen molar-refractivity contribution >= 4 is 39.5 Å². The number of nitrogens with one attached hydrogen (secondary N) is 1. The van der Waals surface area contributed by atoms with Crippen molar-refractivity contribution < 1.29 is 4.39 Å². The first kappa shape index (κ1) is 13.5. The summed E-state index contributed by atoms with van der Waals surface area (Å²) in [6, 6.07) is 4.64. The van der Waals surface area contributed by atoms with E-state index in [1.165, 1.54) is 6.07 Å². The van der Waals surface area contributed by atoms with Crippen molar-refractivity contribution in [2.45, 2.75) is 0 Å². The van der Waals surface area contributed by atoms with E-state index in [2.05, 4.69) is 36.2 Å². The van der Waals surface area contributed by atoms with E-state index in [1.54, 1.807) is 31.1 Å². The molecule has 100 valence electrons. The molecule has 19 heavy (non-hydrogen) atoms. The fourth-order valence-corrected chi connectivity index (χ4v) is 1.81. The Hall–Kier alpha value is -1.96. The van der Waals surface area contributed by atoms with Crippen molar-refractivity contribution in [3.8, 4) is 0 Å². The van der Waals surface area contributed by atoms with E-state index in [1.807, 2.05) is 0 Å². The number of hydrogen-bond donors (Lipinski definition) is 2. The molecule has 0 saturated heterocycles. The van der Waals surface area contributed by atoms with Crippen molar-refractivity contribution in [1.29, 1.82) is 0 Å². The van der Waals surface area contributed by atoms with Gasteiger partial charge in [-0.3, -0.25) is 0 Å². The number of halogens is 2. The van der Waals surface area contributed by atoms with Crippen LogP contribution in [-0.4, -0.2) is 29.0 Å². The maximum Gasteiger partial charge on any atom is 0.233 e. The van der Waals surface area contributed by atoms with Crippen LogP contribution in [0.5, 0.6) is 0 Å². The molecule has 0 aliphatic heterocycles. The van der Waals surface area contributed by atoms with Crippen molar-refractivity contribution in [3.05, 3.63) is 28.5 Å². The molecule has 1 aromatic heterocycles. The van der Waals surface area contributed by atoms with Crippen molar-refractivity contribution in [3.63, 3.8) is 0 Å². The maximum absolute atomic E-state index is 13.7. The van der Waals surface area contributed by atoms with Crippen molar-refractivity contribution in [2.24, 2.45) is 0 Å². The molecule has 2 rings (SSSR count). The molecule has 0 saturated carbocycles. The minimum Gasteiger partial charge on any atom is -0.368 e. The number of nitrogens with zero attached hydrogens (tertiary/aromatic N) is 4. The fraction of sp³-hybridized carbons (Fsp3) is 0.182. The van der Waals surface area contributed by atoms with Gasteiger partial charge in [0.2, 0.25) is 17.8 Å². The minimum atomic E-state index is -0.417. The molecular formula is C11H12BrFN6. The fourth-order valence-electron chi connectivity index (χ4n) is 1.37. The van der Waals surface area contributed by atoms with Gasteiger partial charge >= 0.3 is 0 Å². The van der Waals surface area contributed by atoms with Gasteiger partial charge in [-0.15, -0.1) is 0 Å². The zero-order valence-corrected chi connectivity index (χ0v) is 11.9. The molecule has 0 spiro atoms.